The van der Waals surface area contributed by atoms with E-state index in [1.54, 1.807) is 0 Å². The summed E-state index contributed by atoms with van der Waals surface area (Å²) in [5.41, 5.74) is 0. The lowest BCUT2D eigenvalue weighted by molar-refractivity contribution is 0.624. The molecular weight excluding hydrogens is 186 g/mol. The van der Waals surface area contributed by atoms with E-state index in [4.69, 9.17) is 0 Å². The molecule has 12 heavy (non-hydrogen) atoms. The highest BCUT2D eigenvalue weighted by molar-refractivity contribution is 7.99. The first-order valence-electron chi connectivity index (χ1n) is 4.70. The van der Waals surface area contributed by atoms with Gasteiger partial charge in [0, 0.05) is 24.1 Å². The first-order valence-corrected chi connectivity index (χ1v) is 7.01. The van der Waals surface area contributed by atoms with E-state index < -0.39 is 0 Å². The maximum Gasteiger partial charge on any atom is 0.0130 e. The first-order chi connectivity index (χ1) is 5.81. The van der Waals surface area contributed by atoms with Crippen LogP contribution in [-0.4, -0.2) is 35.6 Å². The van der Waals surface area contributed by atoms with E-state index in [2.05, 4.69) is 26.1 Å². The summed E-state index contributed by atoms with van der Waals surface area (Å²) in [5, 5.41) is 3.51. The van der Waals surface area contributed by atoms with Gasteiger partial charge in [0.15, 0.2) is 0 Å². The topological polar surface area (TPSA) is 12.0 Å². The fraction of sp³-hybridized carbons (Fsp3) is 1.00. The average Bonchev–Trinajstić information content (AvgIpc) is 2.09. The van der Waals surface area contributed by atoms with E-state index in [1.807, 2.05) is 23.5 Å². The molecule has 1 atom stereocenters. The Morgan fingerprint density at radius 1 is 1.17 bits per heavy atom. The van der Waals surface area contributed by atoms with Crippen molar-refractivity contribution in [3.8, 4) is 0 Å². The van der Waals surface area contributed by atoms with Crippen LogP contribution in [0.2, 0.25) is 0 Å². The standard InChI is InChI=1S/C9H21NS2/c1-4-11-7-6-10-9(3)8-12-5-2/h9-10H,4-8H2,1-3H3. The van der Waals surface area contributed by atoms with Crippen LogP contribution in [0.1, 0.15) is 20.8 Å². The van der Waals surface area contributed by atoms with Crippen LogP contribution in [-0.2, 0) is 0 Å². The molecule has 1 unspecified atom stereocenters. The molecule has 3 heteroatoms. The van der Waals surface area contributed by atoms with Crippen LogP contribution in [0.15, 0.2) is 0 Å². The molecule has 1 nitrogen and oxygen atoms in total. The molecular formula is C9H21NS2. The monoisotopic (exact) mass is 207 g/mol. The van der Waals surface area contributed by atoms with Gasteiger partial charge in [-0.1, -0.05) is 13.8 Å². The highest BCUT2D eigenvalue weighted by Gasteiger charge is 1.98. The van der Waals surface area contributed by atoms with Gasteiger partial charge in [0.2, 0.25) is 0 Å². The highest BCUT2D eigenvalue weighted by atomic mass is 32.2. The smallest absolute Gasteiger partial charge is 0.0130 e. The summed E-state index contributed by atoms with van der Waals surface area (Å²) >= 11 is 4.02. The third-order valence-electron chi connectivity index (χ3n) is 1.52. The highest BCUT2D eigenvalue weighted by Crippen LogP contribution is 2.01. The predicted molar refractivity (Wildman–Crippen MR) is 63.5 cm³/mol. The van der Waals surface area contributed by atoms with Gasteiger partial charge >= 0.3 is 0 Å². The second kappa shape index (κ2) is 9.75. The molecule has 0 rings (SSSR count). The molecule has 0 aromatic carbocycles. The summed E-state index contributed by atoms with van der Waals surface area (Å²) in [6, 6.07) is 0.674. The number of hydrogen-bond acceptors (Lipinski definition) is 3. The Morgan fingerprint density at radius 2 is 1.83 bits per heavy atom. The quantitative estimate of drug-likeness (QED) is 0.614. The second-order valence-electron chi connectivity index (χ2n) is 2.71. The molecule has 0 fully saturated rings. The van der Waals surface area contributed by atoms with Crippen molar-refractivity contribution in [3.05, 3.63) is 0 Å². The van der Waals surface area contributed by atoms with Crippen molar-refractivity contribution in [1.29, 1.82) is 0 Å². The Morgan fingerprint density at radius 3 is 2.42 bits per heavy atom. The lowest BCUT2D eigenvalue weighted by Crippen LogP contribution is -2.30. The number of thioether (sulfide) groups is 2. The van der Waals surface area contributed by atoms with Gasteiger partial charge in [0.25, 0.3) is 0 Å². The van der Waals surface area contributed by atoms with E-state index in [0.717, 1.165) is 6.54 Å². The van der Waals surface area contributed by atoms with Crippen LogP contribution < -0.4 is 5.32 Å². The minimum absolute atomic E-state index is 0.674. The van der Waals surface area contributed by atoms with Gasteiger partial charge in [-0.2, -0.15) is 23.5 Å². The van der Waals surface area contributed by atoms with Gasteiger partial charge < -0.3 is 5.32 Å². The maximum absolute atomic E-state index is 3.51. The zero-order chi connectivity index (χ0) is 9.23. The molecule has 0 heterocycles. The number of hydrogen-bond donors (Lipinski definition) is 1. The molecule has 74 valence electrons. The summed E-state index contributed by atoms with van der Waals surface area (Å²) < 4.78 is 0. The van der Waals surface area contributed by atoms with E-state index >= 15 is 0 Å². The van der Waals surface area contributed by atoms with E-state index in [1.165, 1.54) is 23.0 Å². The molecule has 0 saturated carbocycles. The molecule has 0 aliphatic carbocycles. The van der Waals surface area contributed by atoms with Crippen LogP contribution in [0.4, 0.5) is 0 Å². The number of rotatable bonds is 8. The second-order valence-corrected chi connectivity index (χ2v) is 5.42. The fourth-order valence-electron chi connectivity index (χ4n) is 0.875. The Labute approximate surface area is 85.5 Å². The van der Waals surface area contributed by atoms with Crippen LogP contribution in [0.5, 0.6) is 0 Å². The SMILES string of the molecule is CCSCCNC(C)CSCC. The molecule has 0 aromatic heterocycles. The zero-order valence-electron chi connectivity index (χ0n) is 8.43. The van der Waals surface area contributed by atoms with Crippen molar-refractivity contribution in [2.45, 2.75) is 26.8 Å². The maximum atomic E-state index is 3.51. The van der Waals surface area contributed by atoms with Crippen molar-refractivity contribution in [1.82, 2.24) is 5.32 Å². The van der Waals surface area contributed by atoms with Gasteiger partial charge in [-0.3, -0.25) is 0 Å². The minimum atomic E-state index is 0.674. The van der Waals surface area contributed by atoms with Crippen LogP contribution in [0, 0.1) is 0 Å². The van der Waals surface area contributed by atoms with E-state index in [9.17, 15) is 0 Å². The molecule has 0 radical (unpaired) electrons. The summed E-state index contributed by atoms with van der Waals surface area (Å²) in [4.78, 5) is 0. The van der Waals surface area contributed by atoms with Gasteiger partial charge in [-0.25, -0.2) is 0 Å². The molecule has 1 N–H and O–H groups in total. The van der Waals surface area contributed by atoms with Crippen LogP contribution in [0.3, 0.4) is 0 Å². The molecule has 0 amide bonds. The van der Waals surface area contributed by atoms with Gasteiger partial charge in [-0.05, 0) is 18.4 Å². The number of nitrogens with one attached hydrogen (secondary N) is 1. The Hall–Kier alpha value is 0.660. The fourth-order valence-corrected chi connectivity index (χ4v) is 2.13. The van der Waals surface area contributed by atoms with Crippen molar-refractivity contribution >= 4 is 23.5 Å². The van der Waals surface area contributed by atoms with Crippen molar-refractivity contribution in [2.75, 3.05) is 29.6 Å². The molecule has 0 spiro atoms. The van der Waals surface area contributed by atoms with Gasteiger partial charge in [0.05, 0.1) is 0 Å². The summed E-state index contributed by atoms with van der Waals surface area (Å²) in [6.07, 6.45) is 0. The third kappa shape index (κ3) is 8.75. The van der Waals surface area contributed by atoms with E-state index in [0.29, 0.717) is 6.04 Å². The summed E-state index contributed by atoms with van der Waals surface area (Å²) in [6.45, 7) is 7.84. The zero-order valence-corrected chi connectivity index (χ0v) is 10.1. The average molecular weight is 207 g/mol. The largest absolute Gasteiger partial charge is 0.313 e. The lowest BCUT2D eigenvalue weighted by Gasteiger charge is -2.12. The molecule has 0 saturated heterocycles. The lowest BCUT2D eigenvalue weighted by atomic mass is 10.4. The van der Waals surface area contributed by atoms with Crippen LogP contribution in [0.25, 0.3) is 0 Å². The Kier molecular flexibility index (Phi) is 10.3. The predicted octanol–water partition coefficient (Wildman–Crippen LogP) is 2.47. The van der Waals surface area contributed by atoms with Crippen molar-refractivity contribution in [2.24, 2.45) is 0 Å². The molecule has 0 aliphatic rings. The van der Waals surface area contributed by atoms with E-state index in [-0.39, 0.29) is 0 Å². The Balaban J connectivity index is 3.02. The van der Waals surface area contributed by atoms with Crippen molar-refractivity contribution < 1.29 is 0 Å². The summed E-state index contributed by atoms with van der Waals surface area (Å²) in [7, 11) is 0. The van der Waals surface area contributed by atoms with Gasteiger partial charge in [-0.15, -0.1) is 0 Å². The minimum Gasteiger partial charge on any atom is -0.313 e. The molecule has 0 bridgehead atoms. The van der Waals surface area contributed by atoms with Crippen molar-refractivity contribution in [3.63, 3.8) is 0 Å². The molecule has 0 aliphatic heterocycles. The Bertz CT molecular complexity index is 88.6. The molecule has 0 aromatic rings. The van der Waals surface area contributed by atoms with Gasteiger partial charge in [0.1, 0.15) is 0 Å². The third-order valence-corrected chi connectivity index (χ3v) is 3.56. The summed E-state index contributed by atoms with van der Waals surface area (Å²) in [5.74, 6) is 4.96. The van der Waals surface area contributed by atoms with Crippen LogP contribution >= 0.6 is 23.5 Å². The first kappa shape index (κ1) is 12.7. The normalized spacial score (nSPS) is 13.2.